The van der Waals surface area contributed by atoms with E-state index in [2.05, 4.69) is 10.3 Å². The van der Waals surface area contributed by atoms with Crippen molar-refractivity contribution in [2.75, 3.05) is 5.32 Å². The minimum atomic E-state index is -0.303. The van der Waals surface area contributed by atoms with Gasteiger partial charge in [-0.25, -0.2) is 4.98 Å². The van der Waals surface area contributed by atoms with Crippen molar-refractivity contribution < 1.29 is 9.21 Å². The number of hydrogen-bond acceptors (Lipinski definition) is 4. The van der Waals surface area contributed by atoms with Gasteiger partial charge in [-0.1, -0.05) is 36.0 Å². The van der Waals surface area contributed by atoms with Crippen LogP contribution in [-0.4, -0.2) is 16.1 Å². The van der Waals surface area contributed by atoms with Gasteiger partial charge in [0, 0.05) is 5.69 Å². The molecule has 0 bridgehead atoms. The molecule has 0 aliphatic heterocycles. The number of thioether (sulfide) groups is 1. The van der Waals surface area contributed by atoms with Crippen LogP contribution < -0.4 is 5.32 Å². The zero-order valence-corrected chi connectivity index (χ0v) is 14.1. The summed E-state index contributed by atoms with van der Waals surface area (Å²) < 4.78 is 5.65. The highest BCUT2D eigenvalue weighted by molar-refractivity contribution is 8.00. The van der Waals surface area contributed by atoms with Gasteiger partial charge in [0.05, 0.1) is 5.25 Å². The van der Waals surface area contributed by atoms with Crippen LogP contribution in [0.3, 0.4) is 0 Å². The third-order valence-corrected chi connectivity index (χ3v) is 4.73. The molecular formula is C18H18N2O2S. The van der Waals surface area contributed by atoms with Crippen LogP contribution >= 0.6 is 11.8 Å². The molecule has 0 spiro atoms. The lowest BCUT2D eigenvalue weighted by Crippen LogP contribution is -2.23. The van der Waals surface area contributed by atoms with Gasteiger partial charge >= 0.3 is 0 Å². The lowest BCUT2D eigenvalue weighted by atomic mass is 10.1. The molecule has 5 heteroatoms. The summed E-state index contributed by atoms with van der Waals surface area (Å²) in [5.74, 6) is -0.0639. The molecule has 1 aromatic heterocycles. The summed E-state index contributed by atoms with van der Waals surface area (Å²) in [5, 5.41) is 3.18. The number of fused-ring (bicyclic) bond motifs is 1. The van der Waals surface area contributed by atoms with Crippen LogP contribution in [0.5, 0.6) is 0 Å². The van der Waals surface area contributed by atoms with Gasteiger partial charge in [0.2, 0.25) is 5.91 Å². The van der Waals surface area contributed by atoms with Crippen molar-refractivity contribution in [2.24, 2.45) is 0 Å². The number of benzene rings is 2. The molecule has 23 heavy (non-hydrogen) atoms. The van der Waals surface area contributed by atoms with Crippen LogP contribution in [0.15, 0.2) is 52.1 Å². The van der Waals surface area contributed by atoms with Crippen molar-refractivity contribution in [1.82, 2.24) is 4.98 Å². The molecule has 1 unspecified atom stereocenters. The topological polar surface area (TPSA) is 55.1 Å². The molecule has 0 aliphatic rings. The standard InChI is InChI=1S/C18H18N2O2S/c1-11-7-6-9-14(12(11)2)19-17(21)13(3)23-18-20-15-8-4-5-10-16(15)22-18/h4-10,13H,1-3H3,(H,19,21). The molecule has 1 heterocycles. The lowest BCUT2D eigenvalue weighted by molar-refractivity contribution is -0.115. The van der Waals surface area contributed by atoms with Gasteiger partial charge in [0.1, 0.15) is 5.52 Å². The van der Waals surface area contributed by atoms with Gasteiger partial charge in [0.15, 0.2) is 5.58 Å². The maximum absolute atomic E-state index is 12.4. The van der Waals surface area contributed by atoms with E-state index in [1.54, 1.807) is 0 Å². The number of aromatic nitrogens is 1. The van der Waals surface area contributed by atoms with Gasteiger partial charge in [-0.15, -0.1) is 0 Å². The Bertz CT molecular complexity index is 824. The molecule has 2 aromatic carbocycles. The summed E-state index contributed by atoms with van der Waals surface area (Å²) in [6, 6.07) is 13.5. The maximum atomic E-state index is 12.4. The average Bonchev–Trinajstić information content (AvgIpc) is 2.93. The summed E-state index contributed by atoms with van der Waals surface area (Å²) in [4.78, 5) is 16.8. The zero-order chi connectivity index (χ0) is 16.4. The Balaban J connectivity index is 1.71. The third kappa shape index (κ3) is 3.40. The summed E-state index contributed by atoms with van der Waals surface area (Å²) in [6.07, 6.45) is 0. The highest BCUT2D eigenvalue weighted by Crippen LogP contribution is 2.27. The molecule has 0 saturated carbocycles. The number of nitrogens with one attached hydrogen (secondary N) is 1. The molecule has 1 atom stereocenters. The van der Waals surface area contributed by atoms with Crippen LogP contribution in [0.1, 0.15) is 18.1 Å². The molecule has 3 aromatic rings. The average molecular weight is 326 g/mol. The van der Waals surface area contributed by atoms with E-state index in [1.807, 2.05) is 63.2 Å². The molecule has 118 valence electrons. The number of oxazole rings is 1. The van der Waals surface area contributed by atoms with Crippen molar-refractivity contribution in [2.45, 2.75) is 31.2 Å². The number of carbonyl (C=O) groups is 1. The summed E-state index contributed by atoms with van der Waals surface area (Å²) in [6.45, 7) is 5.88. The summed E-state index contributed by atoms with van der Waals surface area (Å²) in [5.41, 5.74) is 4.62. The van der Waals surface area contributed by atoms with E-state index in [0.29, 0.717) is 5.22 Å². The van der Waals surface area contributed by atoms with E-state index in [-0.39, 0.29) is 11.2 Å². The fraction of sp³-hybridized carbons (Fsp3) is 0.222. The predicted octanol–water partition coefficient (Wildman–Crippen LogP) is 4.56. The van der Waals surface area contributed by atoms with E-state index in [0.717, 1.165) is 27.9 Å². The van der Waals surface area contributed by atoms with Crippen molar-refractivity contribution in [3.8, 4) is 0 Å². The number of anilines is 1. The van der Waals surface area contributed by atoms with E-state index in [9.17, 15) is 4.79 Å². The fourth-order valence-corrected chi connectivity index (χ4v) is 2.98. The number of amides is 1. The van der Waals surface area contributed by atoms with Crippen molar-refractivity contribution >= 4 is 34.5 Å². The Kier molecular flexibility index (Phi) is 4.39. The Morgan fingerprint density at radius 1 is 1.17 bits per heavy atom. The summed E-state index contributed by atoms with van der Waals surface area (Å²) >= 11 is 1.32. The first-order valence-electron chi connectivity index (χ1n) is 7.44. The molecule has 0 radical (unpaired) electrons. The van der Waals surface area contributed by atoms with E-state index in [1.165, 1.54) is 11.8 Å². The van der Waals surface area contributed by atoms with Crippen molar-refractivity contribution in [3.05, 3.63) is 53.6 Å². The second kappa shape index (κ2) is 6.46. The molecule has 4 nitrogen and oxygen atoms in total. The predicted molar refractivity (Wildman–Crippen MR) is 93.9 cm³/mol. The first-order valence-corrected chi connectivity index (χ1v) is 8.32. The van der Waals surface area contributed by atoms with Crippen LogP contribution in [0.4, 0.5) is 5.69 Å². The first-order chi connectivity index (χ1) is 11.0. The second-order valence-corrected chi connectivity index (χ2v) is 6.74. The van der Waals surface area contributed by atoms with E-state index >= 15 is 0 Å². The highest BCUT2D eigenvalue weighted by Gasteiger charge is 2.18. The Morgan fingerprint density at radius 2 is 1.96 bits per heavy atom. The Labute approximate surface area is 139 Å². The van der Waals surface area contributed by atoms with E-state index in [4.69, 9.17) is 4.42 Å². The van der Waals surface area contributed by atoms with Crippen molar-refractivity contribution in [3.63, 3.8) is 0 Å². The number of nitrogens with zero attached hydrogens (tertiary/aromatic N) is 1. The van der Waals surface area contributed by atoms with Crippen molar-refractivity contribution in [1.29, 1.82) is 0 Å². The second-order valence-electron chi connectivity index (χ2n) is 5.44. The molecule has 0 aliphatic carbocycles. The maximum Gasteiger partial charge on any atom is 0.257 e. The van der Waals surface area contributed by atoms with Crippen LogP contribution in [0.2, 0.25) is 0 Å². The van der Waals surface area contributed by atoms with Crippen LogP contribution in [0, 0.1) is 13.8 Å². The molecule has 1 N–H and O–H groups in total. The molecule has 3 rings (SSSR count). The quantitative estimate of drug-likeness (QED) is 0.714. The minimum absolute atomic E-state index is 0.0639. The fourth-order valence-electron chi connectivity index (χ4n) is 2.23. The van der Waals surface area contributed by atoms with E-state index < -0.39 is 0 Å². The molecule has 0 saturated heterocycles. The van der Waals surface area contributed by atoms with Gasteiger partial charge in [-0.2, -0.15) is 0 Å². The SMILES string of the molecule is Cc1cccc(NC(=O)C(C)Sc2nc3ccccc3o2)c1C. The van der Waals surface area contributed by atoms with Gasteiger partial charge in [-0.05, 0) is 50.1 Å². The van der Waals surface area contributed by atoms with Gasteiger partial charge in [0.25, 0.3) is 5.22 Å². The highest BCUT2D eigenvalue weighted by atomic mass is 32.2. The minimum Gasteiger partial charge on any atom is -0.431 e. The monoisotopic (exact) mass is 326 g/mol. The summed E-state index contributed by atoms with van der Waals surface area (Å²) in [7, 11) is 0. The van der Waals surface area contributed by atoms with Gasteiger partial charge < -0.3 is 9.73 Å². The lowest BCUT2D eigenvalue weighted by Gasteiger charge is -2.13. The van der Waals surface area contributed by atoms with Crippen LogP contribution in [-0.2, 0) is 4.79 Å². The molecule has 1 amide bonds. The molecular weight excluding hydrogens is 308 g/mol. The smallest absolute Gasteiger partial charge is 0.257 e. The molecule has 0 fully saturated rings. The number of hydrogen-bond donors (Lipinski definition) is 1. The number of para-hydroxylation sites is 2. The number of rotatable bonds is 4. The Hall–Kier alpha value is -2.27. The Morgan fingerprint density at radius 3 is 2.74 bits per heavy atom. The van der Waals surface area contributed by atoms with Gasteiger partial charge in [-0.3, -0.25) is 4.79 Å². The normalized spacial score (nSPS) is 12.3. The van der Waals surface area contributed by atoms with Crippen LogP contribution in [0.25, 0.3) is 11.1 Å². The largest absolute Gasteiger partial charge is 0.431 e. The third-order valence-electron chi connectivity index (χ3n) is 3.78. The number of aryl methyl sites for hydroxylation is 1. The number of carbonyl (C=O) groups excluding carboxylic acids is 1. The first kappa shape index (κ1) is 15.6. The zero-order valence-electron chi connectivity index (χ0n) is 13.3.